The van der Waals surface area contributed by atoms with Crippen molar-refractivity contribution in [3.05, 3.63) is 10.6 Å². The van der Waals surface area contributed by atoms with Crippen LogP contribution in [0.4, 0.5) is 0 Å². The number of esters is 1. The highest BCUT2D eigenvalue weighted by molar-refractivity contribution is 9.11. The largest absolute Gasteiger partial charge is 0.428 e. The molecule has 1 atom stereocenters. The van der Waals surface area contributed by atoms with Gasteiger partial charge in [-0.3, -0.25) is 0 Å². The van der Waals surface area contributed by atoms with Crippen molar-refractivity contribution in [2.75, 3.05) is 0 Å². The van der Waals surface area contributed by atoms with E-state index < -0.39 is 12.3 Å². The van der Waals surface area contributed by atoms with Crippen LogP contribution in [0.2, 0.25) is 0 Å². The lowest BCUT2D eigenvalue weighted by Crippen LogP contribution is -2.06. The average molecular weight is 179 g/mol. The van der Waals surface area contributed by atoms with E-state index in [2.05, 4.69) is 20.7 Å². The molecule has 0 aliphatic carbocycles. The molecule has 0 fully saturated rings. The minimum absolute atomic E-state index is 0.377. The lowest BCUT2D eigenvalue weighted by Gasteiger charge is -1.98. The molecule has 1 N–H and O–H groups in total. The molecule has 0 unspecified atom stereocenters. The van der Waals surface area contributed by atoms with Crippen LogP contribution in [-0.2, 0) is 9.53 Å². The van der Waals surface area contributed by atoms with Crippen molar-refractivity contribution in [3.8, 4) is 0 Å². The maximum atomic E-state index is 10.2. The van der Waals surface area contributed by atoms with E-state index in [1.807, 2.05) is 0 Å². The maximum Gasteiger partial charge on any atom is 0.334 e. The highest BCUT2D eigenvalue weighted by Crippen LogP contribution is 2.17. The fourth-order valence-corrected chi connectivity index (χ4v) is 0.665. The minimum atomic E-state index is -1.08. The van der Waals surface area contributed by atoms with E-state index in [0.717, 1.165) is 0 Å². The van der Waals surface area contributed by atoms with Crippen molar-refractivity contribution in [1.82, 2.24) is 0 Å². The second-order valence-corrected chi connectivity index (χ2v) is 2.23. The van der Waals surface area contributed by atoms with Gasteiger partial charge in [-0.05, 0) is 15.9 Å². The predicted molar refractivity (Wildman–Crippen MR) is 29.1 cm³/mol. The molecule has 0 aromatic carbocycles. The fourth-order valence-electron chi connectivity index (χ4n) is 0.384. The van der Waals surface area contributed by atoms with Gasteiger partial charge in [-0.1, -0.05) is 0 Å². The molecule has 4 heteroatoms. The van der Waals surface area contributed by atoms with E-state index in [1.165, 1.54) is 6.08 Å². The van der Waals surface area contributed by atoms with Crippen molar-refractivity contribution in [3.63, 3.8) is 0 Å². The number of aliphatic hydroxyl groups is 1. The lowest BCUT2D eigenvalue weighted by molar-refractivity contribution is -0.150. The van der Waals surface area contributed by atoms with E-state index >= 15 is 0 Å². The molecular weight excluding hydrogens is 176 g/mol. The molecule has 8 heavy (non-hydrogen) atoms. The molecule has 1 heterocycles. The summed E-state index contributed by atoms with van der Waals surface area (Å²) in [6.07, 6.45) is 0.104. The highest BCUT2D eigenvalue weighted by Gasteiger charge is 2.20. The summed E-state index contributed by atoms with van der Waals surface area (Å²) < 4.78 is 4.63. The summed E-state index contributed by atoms with van der Waals surface area (Å²) in [5.41, 5.74) is 0. The van der Waals surface area contributed by atoms with Gasteiger partial charge in [-0.25, -0.2) is 4.79 Å². The molecule has 0 bridgehead atoms. The van der Waals surface area contributed by atoms with Crippen LogP contribution in [0.3, 0.4) is 0 Å². The zero-order valence-corrected chi connectivity index (χ0v) is 5.38. The van der Waals surface area contributed by atoms with Gasteiger partial charge in [0.15, 0.2) is 0 Å². The average Bonchev–Trinajstić information content (AvgIpc) is 1.85. The van der Waals surface area contributed by atoms with Crippen molar-refractivity contribution in [2.45, 2.75) is 6.29 Å². The molecule has 0 aromatic rings. The van der Waals surface area contributed by atoms with Gasteiger partial charge in [-0.15, -0.1) is 0 Å². The molecule has 0 spiro atoms. The Labute approximate surface area is 54.1 Å². The monoisotopic (exact) mass is 178 g/mol. The summed E-state index contributed by atoms with van der Waals surface area (Å²) in [5.74, 6) is -0.510. The first-order valence-corrected chi connectivity index (χ1v) is 2.75. The number of hydrogen-bond donors (Lipinski definition) is 1. The molecule has 1 rings (SSSR count). The Morgan fingerprint density at radius 3 is 2.62 bits per heavy atom. The van der Waals surface area contributed by atoms with Gasteiger partial charge in [0.2, 0.25) is 6.29 Å². The van der Waals surface area contributed by atoms with Gasteiger partial charge >= 0.3 is 5.97 Å². The van der Waals surface area contributed by atoms with E-state index in [9.17, 15) is 4.79 Å². The number of hydrogen-bond acceptors (Lipinski definition) is 3. The molecule has 44 valence electrons. The standard InChI is InChI=1S/C4H3BrO3/c5-2-1-3(6)8-4(2)7/h1,4,7H/t4-/m1/s1. The highest BCUT2D eigenvalue weighted by atomic mass is 79.9. The maximum absolute atomic E-state index is 10.2. The van der Waals surface area contributed by atoms with Crippen LogP contribution in [0.25, 0.3) is 0 Å². The zero-order chi connectivity index (χ0) is 6.15. The number of aliphatic hydroxyl groups excluding tert-OH is 1. The van der Waals surface area contributed by atoms with Gasteiger partial charge in [0, 0.05) is 6.08 Å². The van der Waals surface area contributed by atoms with E-state index in [1.54, 1.807) is 0 Å². The molecule has 0 aromatic heterocycles. The van der Waals surface area contributed by atoms with Gasteiger partial charge in [-0.2, -0.15) is 0 Å². The van der Waals surface area contributed by atoms with Crippen molar-refractivity contribution in [1.29, 1.82) is 0 Å². The molecule has 0 saturated carbocycles. The van der Waals surface area contributed by atoms with Crippen molar-refractivity contribution in [2.24, 2.45) is 0 Å². The summed E-state index contributed by atoms with van der Waals surface area (Å²) in [5, 5.41) is 8.61. The third kappa shape index (κ3) is 0.900. The number of halogens is 1. The first-order chi connectivity index (χ1) is 3.70. The lowest BCUT2D eigenvalue weighted by atomic mass is 10.5. The Balaban J connectivity index is 2.73. The first-order valence-electron chi connectivity index (χ1n) is 1.96. The van der Waals surface area contributed by atoms with Crippen LogP contribution in [0.5, 0.6) is 0 Å². The third-order valence-corrected chi connectivity index (χ3v) is 1.34. The molecule has 0 amide bonds. The summed E-state index contributed by atoms with van der Waals surface area (Å²) in [4.78, 5) is 10.2. The van der Waals surface area contributed by atoms with E-state index in [4.69, 9.17) is 5.11 Å². The normalized spacial score (nSPS) is 27.5. The van der Waals surface area contributed by atoms with Crippen LogP contribution in [0.15, 0.2) is 10.6 Å². The summed E-state index contributed by atoms with van der Waals surface area (Å²) in [6.45, 7) is 0. The van der Waals surface area contributed by atoms with Gasteiger partial charge in [0.05, 0.1) is 4.48 Å². The molecule has 0 saturated heterocycles. The smallest absolute Gasteiger partial charge is 0.334 e. The fraction of sp³-hybridized carbons (Fsp3) is 0.250. The van der Waals surface area contributed by atoms with Crippen LogP contribution in [0, 0.1) is 0 Å². The molecule has 1 aliphatic rings. The van der Waals surface area contributed by atoms with Crippen molar-refractivity contribution >= 4 is 21.9 Å². The third-order valence-electron chi connectivity index (χ3n) is 0.719. The van der Waals surface area contributed by atoms with Crippen molar-refractivity contribution < 1.29 is 14.6 Å². The van der Waals surface area contributed by atoms with Gasteiger partial charge in [0.25, 0.3) is 0 Å². The molecule has 3 nitrogen and oxygen atoms in total. The van der Waals surface area contributed by atoms with Crippen LogP contribution < -0.4 is 0 Å². The quantitative estimate of drug-likeness (QED) is 0.538. The van der Waals surface area contributed by atoms with Crippen LogP contribution >= 0.6 is 15.9 Å². The van der Waals surface area contributed by atoms with E-state index in [-0.39, 0.29) is 0 Å². The topological polar surface area (TPSA) is 46.5 Å². The summed E-state index contributed by atoms with van der Waals surface area (Å²) in [7, 11) is 0. The Kier molecular flexibility index (Phi) is 1.35. The Morgan fingerprint density at radius 1 is 1.88 bits per heavy atom. The van der Waals surface area contributed by atoms with Gasteiger partial charge < -0.3 is 9.84 Å². The molecular formula is C4H3BrO3. The second kappa shape index (κ2) is 1.87. The Morgan fingerprint density at radius 2 is 2.50 bits per heavy atom. The van der Waals surface area contributed by atoms with Crippen LogP contribution in [-0.4, -0.2) is 17.4 Å². The second-order valence-electron chi connectivity index (χ2n) is 1.32. The van der Waals surface area contributed by atoms with Gasteiger partial charge in [0.1, 0.15) is 0 Å². The first kappa shape index (κ1) is 5.78. The molecule has 1 aliphatic heterocycles. The Hall–Kier alpha value is -0.350. The summed E-state index contributed by atoms with van der Waals surface area (Å²) >= 11 is 2.91. The SMILES string of the molecule is O=C1C=C(Br)[C@H](O)O1. The predicted octanol–water partition coefficient (Wildman–Crippen LogP) is 0.140. The zero-order valence-electron chi connectivity index (χ0n) is 3.80. The number of carbonyl (C=O) groups is 1. The minimum Gasteiger partial charge on any atom is -0.428 e. The van der Waals surface area contributed by atoms with Crippen LogP contribution in [0.1, 0.15) is 0 Å². The molecule has 0 radical (unpaired) electrons. The number of ether oxygens (including phenoxy) is 1. The number of carbonyl (C=O) groups excluding carboxylic acids is 1. The number of rotatable bonds is 0. The van der Waals surface area contributed by atoms with E-state index in [0.29, 0.717) is 4.48 Å². The summed E-state index contributed by atoms with van der Waals surface area (Å²) in [6, 6.07) is 0. The number of cyclic esters (lactones) is 1. The Bertz CT molecular complexity index is 151.